The summed E-state index contributed by atoms with van der Waals surface area (Å²) >= 11 is 4.79. The number of aromatic nitrogens is 1. The van der Waals surface area contributed by atoms with E-state index in [9.17, 15) is 10.1 Å². The predicted molar refractivity (Wildman–Crippen MR) is 91.6 cm³/mol. The lowest BCUT2D eigenvalue weighted by atomic mass is 10.1. The highest BCUT2D eigenvalue weighted by Crippen LogP contribution is 2.36. The fourth-order valence-corrected chi connectivity index (χ4v) is 3.26. The van der Waals surface area contributed by atoms with Gasteiger partial charge in [-0.2, -0.15) is 0 Å². The number of halogens is 1. The summed E-state index contributed by atoms with van der Waals surface area (Å²) < 4.78 is 0.966. The van der Waals surface area contributed by atoms with Crippen LogP contribution in [0.5, 0.6) is 0 Å². The van der Waals surface area contributed by atoms with Crippen molar-refractivity contribution >= 4 is 43.8 Å². The molecule has 1 aromatic heterocycles. The Kier molecular flexibility index (Phi) is 4.17. The molecule has 22 heavy (non-hydrogen) atoms. The number of para-hydroxylation sites is 1. The van der Waals surface area contributed by atoms with E-state index in [-0.39, 0.29) is 10.6 Å². The Morgan fingerprint density at radius 1 is 1.18 bits per heavy atom. The molecular formula is C15H10BrN3O2S. The van der Waals surface area contributed by atoms with Crippen LogP contribution in [0.1, 0.15) is 0 Å². The van der Waals surface area contributed by atoms with E-state index in [0.29, 0.717) is 10.7 Å². The monoisotopic (exact) mass is 375 g/mol. The van der Waals surface area contributed by atoms with Crippen molar-refractivity contribution in [2.45, 2.75) is 0 Å². The van der Waals surface area contributed by atoms with Gasteiger partial charge in [0.2, 0.25) is 0 Å². The molecule has 0 saturated heterocycles. The maximum absolute atomic E-state index is 11.1. The van der Waals surface area contributed by atoms with Crippen molar-refractivity contribution < 1.29 is 4.92 Å². The zero-order chi connectivity index (χ0) is 15.5. The molecule has 7 heteroatoms. The minimum Gasteiger partial charge on any atom is -0.332 e. The van der Waals surface area contributed by atoms with Crippen molar-refractivity contribution in [1.82, 2.24) is 4.98 Å². The summed E-state index contributed by atoms with van der Waals surface area (Å²) in [6, 6.07) is 14.4. The van der Waals surface area contributed by atoms with E-state index in [1.807, 2.05) is 24.3 Å². The highest BCUT2D eigenvalue weighted by molar-refractivity contribution is 9.10. The number of nitro benzene ring substituents is 1. The van der Waals surface area contributed by atoms with Gasteiger partial charge in [0, 0.05) is 22.4 Å². The van der Waals surface area contributed by atoms with Gasteiger partial charge in [-0.1, -0.05) is 45.5 Å². The molecule has 0 aliphatic heterocycles. The van der Waals surface area contributed by atoms with E-state index in [2.05, 4.69) is 26.2 Å². The minimum absolute atomic E-state index is 0.0835. The van der Waals surface area contributed by atoms with Gasteiger partial charge in [-0.3, -0.25) is 10.1 Å². The van der Waals surface area contributed by atoms with Crippen molar-refractivity contribution in [2.24, 2.45) is 0 Å². The van der Waals surface area contributed by atoms with E-state index in [0.717, 1.165) is 15.0 Å². The Balaban J connectivity index is 1.90. The SMILES string of the molecule is O=[N+]([O-])c1ccccc1-c1cnc(Nc2cccc(Br)c2)s1. The number of thiazole rings is 1. The lowest BCUT2D eigenvalue weighted by Crippen LogP contribution is -1.89. The summed E-state index contributed by atoms with van der Waals surface area (Å²) in [5, 5.41) is 15.0. The van der Waals surface area contributed by atoms with Gasteiger partial charge in [0.05, 0.1) is 15.4 Å². The Morgan fingerprint density at radius 2 is 2.00 bits per heavy atom. The first-order chi connectivity index (χ1) is 10.6. The standard InChI is InChI=1S/C15H10BrN3O2S/c16-10-4-3-5-11(8-10)18-15-17-9-14(22-15)12-6-1-2-7-13(12)19(20)21/h1-9H,(H,17,18). The third-order valence-electron chi connectivity index (χ3n) is 2.95. The van der Waals surface area contributed by atoms with Gasteiger partial charge in [-0.15, -0.1) is 0 Å². The topological polar surface area (TPSA) is 68.1 Å². The van der Waals surface area contributed by atoms with Crippen LogP contribution in [0.4, 0.5) is 16.5 Å². The molecule has 0 bridgehead atoms. The van der Waals surface area contributed by atoms with E-state index >= 15 is 0 Å². The van der Waals surface area contributed by atoms with Crippen LogP contribution in [0.15, 0.2) is 59.2 Å². The third kappa shape index (κ3) is 3.15. The highest BCUT2D eigenvalue weighted by atomic mass is 79.9. The van der Waals surface area contributed by atoms with Crippen LogP contribution < -0.4 is 5.32 Å². The molecule has 0 aliphatic rings. The zero-order valence-corrected chi connectivity index (χ0v) is 13.6. The van der Waals surface area contributed by atoms with E-state index in [1.165, 1.54) is 17.4 Å². The van der Waals surface area contributed by atoms with Crippen molar-refractivity contribution in [3.8, 4) is 10.4 Å². The average Bonchev–Trinajstić information content (AvgIpc) is 2.95. The Labute approximate surface area is 138 Å². The van der Waals surface area contributed by atoms with Crippen molar-refractivity contribution in [1.29, 1.82) is 0 Å². The molecule has 0 spiro atoms. The molecule has 5 nitrogen and oxygen atoms in total. The molecule has 0 amide bonds. The highest BCUT2D eigenvalue weighted by Gasteiger charge is 2.16. The van der Waals surface area contributed by atoms with Crippen LogP contribution in [0, 0.1) is 10.1 Å². The van der Waals surface area contributed by atoms with Crippen LogP contribution in [0.2, 0.25) is 0 Å². The lowest BCUT2D eigenvalue weighted by Gasteiger charge is -2.02. The first kappa shape index (κ1) is 14.7. The van der Waals surface area contributed by atoms with E-state index in [1.54, 1.807) is 24.4 Å². The summed E-state index contributed by atoms with van der Waals surface area (Å²) in [5.74, 6) is 0. The number of hydrogen-bond donors (Lipinski definition) is 1. The molecule has 0 aliphatic carbocycles. The molecule has 110 valence electrons. The van der Waals surface area contributed by atoms with Gasteiger partial charge in [-0.05, 0) is 24.3 Å². The Morgan fingerprint density at radius 3 is 2.77 bits per heavy atom. The number of nitrogens with one attached hydrogen (secondary N) is 1. The summed E-state index contributed by atoms with van der Waals surface area (Å²) in [6.45, 7) is 0. The maximum Gasteiger partial charge on any atom is 0.278 e. The molecule has 0 fully saturated rings. The summed E-state index contributed by atoms with van der Waals surface area (Å²) in [5.41, 5.74) is 1.56. The Hall–Kier alpha value is -2.25. The van der Waals surface area contributed by atoms with Crippen LogP contribution in [0.25, 0.3) is 10.4 Å². The summed E-state index contributed by atoms with van der Waals surface area (Å²) in [7, 11) is 0. The quantitative estimate of drug-likeness (QED) is 0.500. The van der Waals surface area contributed by atoms with Crippen LogP contribution >= 0.6 is 27.3 Å². The van der Waals surface area contributed by atoms with Crippen molar-refractivity contribution in [3.63, 3.8) is 0 Å². The largest absolute Gasteiger partial charge is 0.332 e. The maximum atomic E-state index is 11.1. The second-order valence-electron chi connectivity index (χ2n) is 4.44. The molecule has 3 rings (SSSR count). The number of rotatable bonds is 4. The predicted octanol–water partition coefficient (Wildman–Crippen LogP) is 5.22. The van der Waals surface area contributed by atoms with Gasteiger partial charge < -0.3 is 5.32 Å². The smallest absolute Gasteiger partial charge is 0.278 e. The molecule has 0 unspecified atom stereocenters. The Bertz CT molecular complexity index is 835. The molecule has 0 saturated carbocycles. The number of benzene rings is 2. The molecule has 3 aromatic rings. The average molecular weight is 376 g/mol. The summed E-state index contributed by atoms with van der Waals surface area (Å²) in [4.78, 5) is 15.8. The van der Waals surface area contributed by atoms with Gasteiger partial charge in [-0.25, -0.2) is 4.98 Å². The molecule has 2 aromatic carbocycles. The summed E-state index contributed by atoms with van der Waals surface area (Å²) in [6.07, 6.45) is 1.65. The number of nitro groups is 1. The second-order valence-corrected chi connectivity index (χ2v) is 6.39. The molecule has 0 radical (unpaired) electrons. The molecule has 0 atom stereocenters. The van der Waals surface area contributed by atoms with Gasteiger partial charge in [0.25, 0.3) is 5.69 Å². The van der Waals surface area contributed by atoms with Crippen LogP contribution in [-0.2, 0) is 0 Å². The van der Waals surface area contributed by atoms with E-state index < -0.39 is 0 Å². The number of hydrogen-bond acceptors (Lipinski definition) is 5. The van der Waals surface area contributed by atoms with Crippen molar-refractivity contribution in [3.05, 3.63) is 69.3 Å². The van der Waals surface area contributed by atoms with Crippen LogP contribution in [0.3, 0.4) is 0 Å². The molecule has 1 N–H and O–H groups in total. The van der Waals surface area contributed by atoms with E-state index in [4.69, 9.17) is 0 Å². The normalized spacial score (nSPS) is 10.4. The van der Waals surface area contributed by atoms with Crippen molar-refractivity contribution in [2.75, 3.05) is 5.32 Å². The second kappa shape index (κ2) is 6.25. The number of anilines is 2. The third-order valence-corrected chi connectivity index (χ3v) is 4.39. The zero-order valence-electron chi connectivity index (χ0n) is 11.2. The fraction of sp³-hybridized carbons (Fsp3) is 0. The first-order valence-corrected chi connectivity index (χ1v) is 7.96. The lowest BCUT2D eigenvalue weighted by molar-refractivity contribution is -0.384. The van der Waals surface area contributed by atoms with Gasteiger partial charge in [0.15, 0.2) is 5.13 Å². The first-order valence-electron chi connectivity index (χ1n) is 6.36. The number of nitrogens with zero attached hydrogens (tertiary/aromatic N) is 2. The molecular weight excluding hydrogens is 366 g/mol. The van der Waals surface area contributed by atoms with Gasteiger partial charge >= 0.3 is 0 Å². The molecule has 1 heterocycles. The van der Waals surface area contributed by atoms with Crippen LogP contribution in [-0.4, -0.2) is 9.91 Å². The fourth-order valence-electron chi connectivity index (χ4n) is 1.99. The van der Waals surface area contributed by atoms with Gasteiger partial charge in [0.1, 0.15) is 0 Å². The minimum atomic E-state index is -0.379.